The number of hydrogen-bond acceptors (Lipinski definition) is 1. The van der Waals surface area contributed by atoms with Crippen LogP contribution in [0.25, 0.3) is 0 Å². The van der Waals surface area contributed by atoms with Crippen molar-refractivity contribution in [3.05, 3.63) is 24.2 Å². The standard InChI is InChI=1S/C20H32O/c1-15-6-5-7-18-19(15,3)11-8-16(2)20(18,4)12-9-17-10-13-21-14-17/h10,13-16,18H,5-9,11-12H2,1-4H3/t15?,16-,18+,19+,20+/m0/s1. The van der Waals surface area contributed by atoms with Gasteiger partial charge in [-0.05, 0) is 72.3 Å². The summed E-state index contributed by atoms with van der Waals surface area (Å²) in [4.78, 5) is 0. The molecule has 0 aliphatic heterocycles. The predicted octanol–water partition coefficient (Wildman–Crippen LogP) is 6.09. The zero-order valence-electron chi connectivity index (χ0n) is 14.3. The average molecular weight is 288 g/mol. The molecule has 1 heterocycles. The van der Waals surface area contributed by atoms with Crippen molar-refractivity contribution >= 4 is 0 Å². The maximum absolute atomic E-state index is 5.26. The van der Waals surface area contributed by atoms with Crippen LogP contribution in [0.2, 0.25) is 0 Å². The number of fused-ring (bicyclic) bond motifs is 1. The number of furan rings is 1. The van der Waals surface area contributed by atoms with E-state index in [0.717, 1.165) is 17.8 Å². The van der Waals surface area contributed by atoms with E-state index in [0.29, 0.717) is 10.8 Å². The van der Waals surface area contributed by atoms with E-state index < -0.39 is 0 Å². The quantitative estimate of drug-likeness (QED) is 0.656. The molecule has 0 aromatic carbocycles. The first-order valence-corrected chi connectivity index (χ1v) is 8.98. The smallest absolute Gasteiger partial charge is 0.0934 e. The molecule has 2 saturated carbocycles. The highest BCUT2D eigenvalue weighted by Crippen LogP contribution is 2.62. The van der Waals surface area contributed by atoms with Gasteiger partial charge in [-0.25, -0.2) is 0 Å². The summed E-state index contributed by atoms with van der Waals surface area (Å²) in [6, 6.07) is 2.14. The Morgan fingerprint density at radius 2 is 1.95 bits per heavy atom. The van der Waals surface area contributed by atoms with Crippen LogP contribution in [-0.4, -0.2) is 0 Å². The fraction of sp³-hybridized carbons (Fsp3) is 0.800. The molecule has 0 spiro atoms. The topological polar surface area (TPSA) is 13.1 Å². The minimum absolute atomic E-state index is 0.499. The minimum Gasteiger partial charge on any atom is -0.472 e. The van der Waals surface area contributed by atoms with Crippen LogP contribution in [0.3, 0.4) is 0 Å². The van der Waals surface area contributed by atoms with Gasteiger partial charge in [0.2, 0.25) is 0 Å². The van der Waals surface area contributed by atoms with Crippen LogP contribution in [0.4, 0.5) is 0 Å². The summed E-state index contributed by atoms with van der Waals surface area (Å²) in [5.74, 6) is 2.66. The Labute approximate surface area is 130 Å². The lowest BCUT2D eigenvalue weighted by Gasteiger charge is -2.60. The molecule has 1 unspecified atom stereocenters. The molecule has 0 radical (unpaired) electrons. The zero-order chi connectivity index (χ0) is 15.1. The van der Waals surface area contributed by atoms with E-state index in [1.165, 1.54) is 50.5 Å². The van der Waals surface area contributed by atoms with Gasteiger partial charge in [-0.2, -0.15) is 0 Å². The first kappa shape index (κ1) is 15.2. The van der Waals surface area contributed by atoms with Gasteiger partial charge in [-0.3, -0.25) is 0 Å². The second-order valence-electron chi connectivity index (χ2n) is 8.47. The lowest BCUT2D eigenvalue weighted by molar-refractivity contribution is -0.108. The van der Waals surface area contributed by atoms with Crippen molar-refractivity contribution in [3.8, 4) is 0 Å². The van der Waals surface area contributed by atoms with E-state index in [1.54, 1.807) is 0 Å². The third-order valence-electron chi connectivity index (χ3n) is 7.62. The lowest BCUT2D eigenvalue weighted by Crippen LogP contribution is -2.52. The largest absolute Gasteiger partial charge is 0.472 e. The molecule has 3 rings (SSSR count). The minimum atomic E-state index is 0.499. The van der Waals surface area contributed by atoms with E-state index in [9.17, 15) is 0 Å². The van der Waals surface area contributed by atoms with Gasteiger partial charge in [0.15, 0.2) is 0 Å². The van der Waals surface area contributed by atoms with Crippen molar-refractivity contribution in [2.24, 2.45) is 28.6 Å². The summed E-state index contributed by atoms with van der Waals surface area (Å²) in [5, 5.41) is 0. The highest BCUT2D eigenvalue weighted by Gasteiger charge is 2.54. The molecule has 2 aliphatic rings. The molecule has 1 nitrogen and oxygen atoms in total. The predicted molar refractivity (Wildman–Crippen MR) is 88.1 cm³/mol. The fourth-order valence-electron chi connectivity index (χ4n) is 5.60. The molecule has 0 bridgehead atoms. The van der Waals surface area contributed by atoms with Crippen LogP contribution in [0.1, 0.15) is 71.8 Å². The van der Waals surface area contributed by atoms with Crippen LogP contribution in [-0.2, 0) is 6.42 Å². The van der Waals surface area contributed by atoms with Gasteiger partial charge in [0.25, 0.3) is 0 Å². The van der Waals surface area contributed by atoms with E-state index >= 15 is 0 Å². The molecule has 1 heteroatoms. The third kappa shape index (κ3) is 2.47. The molecule has 1 aromatic heterocycles. The summed E-state index contributed by atoms with van der Waals surface area (Å²) in [6.45, 7) is 10.2. The van der Waals surface area contributed by atoms with Gasteiger partial charge in [-0.15, -0.1) is 0 Å². The number of rotatable bonds is 3. The first-order valence-electron chi connectivity index (χ1n) is 8.98. The van der Waals surface area contributed by atoms with Gasteiger partial charge in [0.05, 0.1) is 12.5 Å². The fourth-order valence-corrected chi connectivity index (χ4v) is 5.60. The Hall–Kier alpha value is -0.720. The maximum atomic E-state index is 5.26. The van der Waals surface area contributed by atoms with Crippen LogP contribution in [0.15, 0.2) is 23.0 Å². The van der Waals surface area contributed by atoms with Gasteiger partial charge in [0.1, 0.15) is 0 Å². The summed E-state index contributed by atoms with van der Waals surface area (Å²) >= 11 is 0. The molecule has 2 fully saturated rings. The number of aryl methyl sites for hydroxylation is 1. The SMILES string of the molecule is CC1CCC[C@H]2[C@](C)(CCc3ccoc3)[C@@H](C)CC[C@]12C. The van der Waals surface area contributed by atoms with Crippen LogP contribution >= 0.6 is 0 Å². The Balaban J connectivity index is 1.82. The molecule has 0 N–H and O–H groups in total. The van der Waals surface area contributed by atoms with Crippen molar-refractivity contribution < 1.29 is 4.42 Å². The third-order valence-corrected chi connectivity index (χ3v) is 7.62. The summed E-state index contributed by atoms with van der Waals surface area (Å²) < 4.78 is 5.26. The maximum Gasteiger partial charge on any atom is 0.0934 e. The Kier molecular flexibility index (Phi) is 3.96. The van der Waals surface area contributed by atoms with Crippen molar-refractivity contribution in [2.45, 2.75) is 72.6 Å². The normalized spacial score (nSPS) is 43.5. The van der Waals surface area contributed by atoms with Crippen molar-refractivity contribution in [3.63, 3.8) is 0 Å². The Bertz CT molecular complexity index is 462. The average Bonchev–Trinajstić information content (AvgIpc) is 2.97. The molecule has 0 amide bonds. The van der Waals surface area contributed by atoms with E-state index in [1.807, 2.05) is 12.5 Å². The van der Waals surface area contributed by atoms with Crippen molar-refractivity contribution in [1.82, 2.24) is 0 Å². The van der Waals surface area contributed by atoms with Gasteiger partial charge in [0, 0.05) is 0 Å². The molecule has 21 heavy (non-hydrogen) atoms. The Morgan fingerprint density at radius 3 is 2.67 bits per heavy atom. The first-order chi connectivity index (χ1) is 9.97. The van der Waals surface area contributed by atoms with Gasteiger partial charge < -0.3 is 4.42 Å². The molecule has 0 saturated heterocycles. The van der Waals surface area contributed by atoms with E-state index in [2.05, 4.69) is 33.8 Å². The summed E-state index contributed by atoms with van der Waals surface area (Å²) in [5.41, 5.74) is 2.45. The molecule has 1 aromatic rings. The van der Waals surface area contributed by atoms with Crippen LogP contribution in [0.5, 0.6) is 0 Å². The second kappa shape index (κ2) is 5.48. The van der Waals surface area contributed by atoms with Crippen LogP contribution in [0, 0.1) is 28.6 Å². The van der Waals surface area contributed by atoms with Crippen LogP contribution < -0.4 is 0 Å². The van der Waals surface area contributed by atoms with E-state index in [-0.39, 0.29) is 0 Å². The lowest BCUT2D eigenvalue weighted by atomic mass is 9.45. The Morgan fingerprint density at radius 1 is 1.14 bits per heavy atom. The zero-order valence-corrected chi connectivity index (χ0v) is 14.3. The van der Waals surface area contributed by atoms with E-state index in [4.69, 9.17) is 4.42 Å². The van der Waals surface area contributed by atoms with Gasteiger partial charge in [-0.1, -0.05) is 40.5 Å². The molecule has 2 aliphatic carbocycles. The summed E-state index contributed by atoms with van der Waals surface area (Å²) in [7, 11) is 0. The summed E-state index contributed by atoms with van der Waals surface area (Å²) in [6.07, 6.45) is 13.4. The molecular formula is C20H32O. The van der Waals surface area contributed by atoms with Gasteiger partial charge >= 0.3 is 0 Å². The number of hydrogen-bond donors (Lipinski definition) is 0. The van der Waals surface area contributed by atoms with Crippen molar-refractivity contribution in [1.29, 1.82) is 0 Å². The monoisotopic (exact) mass is 288 g/mol. The molecular weight excluding hydrogens is 256 g/mol. The second-order valence-corrected chi connectivity index (χ2v) is 8.47. The molecule has 118 valence electrons. The highest BCUT2D eigenvalue weighted by molar-refractivity contribution is 5.09. The molecule has 5 atom stereocenters. The van der Waals surface area contributed by atoms with Crippen molar-refractivity contribution in [2.75, 3.05) is 0 Å². The highest BCUT2D eigenvalue weighted by atomic mass is 16.3.